The molecule has 0 bridgehead atoms. The van der Waals surface area contributed by atoms with Crippen LogP contribution in [0.15, 0.2) is 53.4 Å². The number of hydrogen-bond acceptors (Lipinski definition) is 4. The van der Waals surface area contributed by atoms with Gasteiger partial charge in [-0.25, -0.2) is 8.42 Å². The average Bonchev–Trinajstić information content (AvgIpc) is 2.74. The predicted molar refractivity (Wildman–Crippen MR) is 113 cm³/mol. The lowest BCUT2D eigenvalue weighted by Crippen LogP contribution is -2.35. The molecule has 0 aliphatic carbocycles. The molecule has 2 aromatic carbocycles. The Morgan fingerprint density at radius 1 is 1.03 bits per heavy atom. The van der Waals surface area contributed by atoms with E-state index in [1.54, 1.807) is 34.6 Å². The van der Waals surface area contributed by atoms with Crippen molar-refractivity contribution in [3.05, 3.63) is 59.1 Å². The van der Waals surface area contributed by atoms with Gasteiger partial charge in [0.1, 0.15) is 12.4 Å². The van der Waals surface area contributed by atoms with E-state index >= 15 is 0 Å². The van der Waals surface area contributed by atoms with Crippen molar-refractivity contribution >= 4 is 27.5 Å². The lowest BCUT2D eigenvalue weighted by Gasteiger charge is -2.25. The van der Waals surface area contributed by atoms with Gasteiger partial charge in [-0.15, -0.1) is 0 Å². The van der Waals surface area contributed by atoms with Crippen LogP contribution < -0.4 is 10.1 Å². The first kappa shape index (κ1) is 21.6. The van der Waals surface area contributed by atoms with E-state index in [2.05, 4.69) is 5.32 Å². The van der Waals surface area contributed by atoms with Gasteiger partial charge in [0.2, 0.25) is 15.9 Å². The van der Waals surface area contributed by atoms with E-state index in [0.717, 1.165) is 24.8 Å². The molecule has 1 amide bonds. The summed E-state index contributed by atoms with van der Waals surface area (Å²) >= 11 is 6.05. The molecule has 1 saturated heterocycles. The molecular formula is C21H25ClN2O4S. The maximum atomic E-state index is 12.6. The second-order valence-electron chi connectivity index (χ2n) is 6.90. The number of rotatable bonds is 8. The van der Waals surface area contributed by atoms with Gasteiger partial charge in [0.15, 0.2) is 0 Å². The first-order valence-corrected chi connectivity index (χ1v) is 11.5. The van der Waals surface area contributed by atoms with E-state index in [0.29, 0.717) is 30.4 Å². The van der Waals surface area contributed by atoms with E-state index in [1.807, 2.05) is 18.2 Å². The summed E-state index contributed by atoms with van der Waals surface area (Å²) in [7, 11) is -3.44. The molecule has 0 aromatic heterocycles. The fourth-order valence-electron chi connectivity index (χ4n) is 3.20. The van der Waals surface area contributed by atoms with Crippen molar-refractivity contribution in [2.24, 2.45) is 0 Å². The third-order valence-electron chi connectivity index (χ3n) is 4.78. The van der Waals surface area contributed by atoms with E-state index < -0.39 is 10.0 Å². The Morgan fingerprint density at radius 3 is 2.41 bits per heavy atom. The molecule has 3 rings (SSSR count). The minimum atomic E-state index is -3.44. The summed E-state index contributed by atoms with van der Waals surface area (Å²) < 4.78 is 32.4. The standard InChI is InChI=1S/C21H25ClN2O4S/c22-20-7-3-2-6-17(20)16-21(25)23-12-15-28-18-8-10-19(11-9-18)29(26,27)24-13-4-1-5-14-24/h2-3,6-11H,1,4-5,12-16H2,(H,23,25). The normalized spacial score (nSPS) is 15.1. The molecule has 0 saturated carbocycles. The maximum Gasteiger partial charge on any atom is 0.243 e. The molecular weight excluding hydrogens is 412 g/mol. The number of ether oxygens (including phenoxy) is 1. The summed E-state index contributed by atoms with van der Waals surface area (Å²) in [6.07, 6.45) is 3.10. The van der Waals surface area contributed by atoms with Gasteiger partial charge in [-0.3, -0.25) is 4.79 Å². The number of nitrogens with one attached hydrogen (secondary N) is 1. The second kappa shape index (κ2) is 10.1. The molecule has 0 radical (unpaired) electrons. The number of piperidine rings is 1. The third kappa shape index (κ3) is 5.95. The van der Waals surface area contributed by atoms with Gasteiger partial charge in [-0.05, 0) is 48.7 Å². The molecule has 2 aromatic rings. The van der Waals surface area contributed by atoms with Crippen molar-refractivity contribution in [1.29, 1.82) is 0 Å². The summed E-state index contributed by atoms with van der Waals surface area (Å²) in [6, 6.07) is 13.6. The van der Waals surface area contributed by atoms with Crippen LogP contribution in [0.3, 0.4) is 0 Å². The average molecular weight is 437 g/mol. The first-order valence-electron chi connectivity index (χ1n) is 9.70. The molecule has 8 heteroatoms. The highest BCUT2D eigenvalue weighted by Crippen LogP contribution is 2.22. The van der Waals surface area contributed by atoms with Crippen LogP contribution in [0, 0.1) is 0 Å². The molecule has 6 nitrogen and oxygen atoms in total. The highest BCUT2D eigenvalue weighted by molar-refractivity contribution is 7.89. The molecule has 0 atom stereocenters. The lowest BCUT2D eigenvalue weighted by molar-refractivity contribution is -0.120. The highest BCUT2D eigenvalue weighted by Gasteiger charge is 2.25. The maximum absolute atomic E-state index is 12.6. The SMILES string of the molecule is O=C(Cc1ccccc1Cl)NCCOc1ccc(S(=O)(=O)N2CCCCC2)cc1. The van der Waals surface area contributed by atoms with Crippen molar-refractivity contribution in [2.45, 2.75) is 30.6 Å². The van der Waals surface area contributed by atoms with Crippen molar-refractivity contribution in [1.82, 2.24) is 9.62 Å². The molecule has 1 N–H and O–H groups in total. The van der Waals surface area contributed by atoms with Crippen LogP contribution in [0.5, 0.6) is 5.75 Å². The smallest absolute Gasteiger partial charge is 0.243 e. The van der Waals surface area contributed by atoms with Crippen LogP contribution >= 0.6 is 11.6 Å². The Labute approximate surface area is 176 Å². The monoisotopic (exact) mass is 436 g/mol. The number of benzene rings is 2. The largest absolute Gasteiger partial charge is 0.492 e. The van der Waals surface area contributed by atoms with Crippen LogP contribution in [-0.2, 0) is 21.2 Å². The molecule has 0 spiro atoms. The van der Waals surface area contributed by atoms with Gasteiger partial charge in [0.25, 0.3) is 0 Å². The van der Waals surface area contributed by atoms with Crippen LogP contribution in [0.4, 0.5) is 0 Å². The van der Waals surface area contributed by atoms with Crippen LogP contribution in [0.2, 0.25) is 5.02 Å². The number of halogens is 1. The third-order valence-corrected chi connectivity index (χ3v) is 7.06. The fraction of sp³-hybridized carbons (Fsp3) is 0.381. The zero-order valence-corrected chi connectivity index (χ0v) is 17.7. The fourth-order valence-corrected chi connectivity index (χ4v) is 4.92. The number of nitrogens with zero attached hydrogens (tertiary/aromatic N) is 1. The van der Waals surface area contributed by atoms with Crippen LogP contribution in [0.25, 0.3) is 0 Å². The summed E-state index contributed by atoms with van der Waals surface area (Å²) in [4.78, 5) is 12.3. The van der Waals surface area contributed by atoms with Gasteiger partial charge in [-0.1, -0.05) is 36.2 Å². The van der Waals surface area contributed by atoms with Crippen molar-refractivity contribution < 1.29 is 17.9 Å². The number of hydrogen-bond donors (Lipinski definition) is 1. The summed E-state index contributed by atoms with van der Waals surface area (Å²) in [5.74, 6) is 0.424. The second-order valence-corrected chi connectivity index (χ2v) is 9.25. The minimum Gasteiger partial charge on any atom is -0.492 e. The van der Waals surface area contributed by atoms with Crippen molar-refractivity contribution in [2.75, 3.05) is 26.2 Å². The Kier molecular flexibility index (Phi) is 7.52. The zero-order valence-electron chi connectivity index (χ0n) is 16.1. The van der Waals surface area contributed by atoms with Gasteiger partial charge in [-0.2, -0.15) is 4.31 Å². The number of carbonyl (C=O) groups excluding carboxylic acids is 1. The predicted octanol–water partition coefficient (Wildman–Crippen LogP) is 3.25. The van der Waals surface area contributed by atoms with Crippen LogP contribution in [0.1, 0.15) is 24.8 Å². The van der Waals surface area contributed by atoms with E-state index in [-0.39, 0.29) is 23.8 Å². The first-order chi connectivity index (χ1) is 14.0. The Morgan fingerprint density at radius 2 is 1.72 bits per heavy atom. The molecule has 0 unspecified atom stereocenters. The van der Waals surface area contributed by atoms with Crippen molar-refractivity contribution in [3.8, 4) is 5.75 Å². The van der Waals surface area contributed by atoms with Crippen LogP contribution in [-0.4, -0.2) is 44.9 Å². The molecule has 29 heavy (non-hydrogen) atoms. The Balaban J connectivity index is 1.44. The van der Waals surface area contributed by atoms with Crippen molar-refractivity contribution in [3.63, 3.8) is 0 Å². The van der Waals surface area contributed by atoms with Gasteiger partial charge in [0, 0.05) is 18.1 Å². The van der Waals surface area contributed by atoms with Gasteiger partial charge in [0.05, 0.1) is 17.9 Å². The summed E-state index contributed by atoms with van der Waals surface area (Å²) in [5, 5.41) is 3.35. The topological polar surface area (TPSA) is 75.7 Å². The summed E-state index contributed by atoms with van der Waals surface area (Å²) in [5.41, 5.74) is 0.776. The molecule has 156 valence electrons. The van der Waals surface area contributed by atoms with Gasteiger partial charge < -0.3 is 10.1 Å². The number of sulfonamides is 1. The van der Waals surface area contributed by atoms with E-state index in [9.17, 15) is 13.2 Å². The minimum absolute atomic E-state index is 0.135. The molecule has 1 fully saturated rings. The number of carbonyl (C=O) groups is 1. The quantitative estimate of drug-likeness (QED) is 0.644. The molecule has 1 aliphatic heterocycles. The Hall–Kier alpha value is -2.09. The summed E-state index contributed by atoms with van der Waals surface area (Å²) in [6.45, 7) is 1.78. The highest BCUT2D eigenvalue weighted by atomic mass is 35.5. The van der Waals surface area contributed by atoms with E-state index in [1.165, 1.54) is 0 Å². The molecule has 1 aliphatic rings. The molecule has 1 heterocycles. The Bertz CT molecular complexity index is 926. The van der Waals surface area contributed by atoms with Gasteiger partial charge >= 0.3 is 0 Å². The zero-order chi connectivity index (χ0) is 20.7. The lowest BCUT2D eigenvalue weighted by atomic mass is 10.1. The number of amides is 1. The van der Waals surface area contributed by atoms with E-state index in [4.69, 9.17) is 16.3 Å².